The summed E-state index contributed by atoms with van der Waals surface area (Å²) < 4.78 is 10.3. The largest absolute Gasteiger partial charge is 0.497 e. The standard InChI is InChI=1S/C14H16N2O3/c1-18-11-4-5-13(15)12(9-11)14(17)16-7-6-10-3-2-8-19-10/h2-5,8-9H,6-7,15H2,1H3,(H,16,17). The number of nitrogens with two attached hydrogens (primary N) is 1. The quantitative estimate of drug-likeness (QED) is 0.804. The van der Waals surface area contributed by atoms with Gasteiger partial charge in [-0.15, -0.1) is 0 Å². The van der Waals surface area contributed by atoms with Gasteiger partial charge in [-0.2, -0.15) is 0 Å². The third-order valence-electron chi connectivity index (χ3n) is 2.74. The first-order valence-corrected chi connectivity index (χ1v) is 5.95. The maximum atomic E-state index is 12.0. The molecule has 0 radical (unpaired) electrons. The number of anilines is 1. The summed E-state index contributed by atoms with van der Waals surface area (Å²) in [6.07, 6.45) is 2.25. The Bertz CT molecular complexity index is 550. The predicted molar refractivity (Wildman–Crippen MR) is 72.2 cm³/mol. The zero-order valence-corrected chi connectivity index (χ0v) is 10.7. The van der Waals surface area contributed by atoms with Crippen molar-refractivity contribution < 1.29 is 13.9 Å². The zero-order chi connectivity index (χ0) is 13.7. The van der Waals surface area contributed by atoms with Crippen LogP contribution in [0, 0.1) is 0 Å². The normalized spacial score (nSPS) is 10.2. The van der Waals surface area contributed by atoms with Crippen LogP contribution in [0.3, 0.4) is 0 Å². The van der Waals surface area contributed by atoms with E-state index in [1.807, 2.05) is 12.1 Å². The number of benzene rings is 1. The summed E-state index contributed by atoms with van der Waals surface area (Å²) in [5, 5.41) is 2.79. The molecule has 0 saturated heterocycles. The molecule has 0 spiro atoms. The number of hydrogen-bond donors (Lipinski definition) is 2. The lowest BCUT2D eigenvalue weighted by Crippen LogP contribution is -2.26. The number of methoxy groups -OCH3 is 1. The van der Waals surface area contributed by atoms with Crippen LogP contribution in [0.15, 0.2) is 41.0 Å². The molecular weight excluding hydrogens is 244 g/mol. The molecule has 0 saturated carbocycles. The van der Waals surface area contributed by atoms with Crippen LogP contribution in [0.1, 0.15) is 16.1 Å². The van der Waals surface area contributed by atoms with Gasteiger partial charge in [-0.05, 0) is 30.3 Å². The topological polar surface area (TPSA) is 77.5 Å². The van der Waals surface area contributed by atoms with Crippen molar-refractivity contribution in [3.8, 4) is 5.75 Å². The summed E-state index contributed by atoms with van der Waals surface area (Å²) in [7, 11) is 1.55. The van der Waals surface area contributed by atoms with Crippen LogP contribution in [-0.2, 0) is 6.42 Å². The number of hydrogen-bond acceptors (Lipinski definition) is 4. The Morgan fingerprint density at radius 2 is 2.26 bits per heavy atom. The maximum absolute atomic E-state index is 12.0. The first-order chi connectivity index (χ1) is 9.20. The van der Waals surface area contributed by atoms with E-state index in [1.54, 1.807) is 31.6 Å². The van der Waals surface area contributed by atoms with Crippen molar-refractivity contribution in [1.29, 1.82) is 0 Å². The second-order valence-electron chi connectivity index (χ2n) is 4.04. The van der Waals surface area contributed by atoms with Crippen molar-refractivity contribution in [2.24, 2.45) is 0 Å². The van der Waals surface area contributed by atoms with Crippen molar-refractivity contribution in [3.05, 3.63) is 47.9 Å². The number of carbonyl (C=O) groups is 1. The molecule has 1 amide bonds. The summed E-state index contributed by atoms with van der Waals surface area (Å²) in [6.45, 7) is 0.489. The second kappa shape index (κ2) is 5.95. The van der Waals surface area contributed by atoms with Crippen LogP contribution >= 0.6 is 0 Å². The van der Waals surface area contributed by atoms with E-state index in [2.05, 4.69) is 5.32 Å². The summed E-state index contributed by atoms with van der Waals surface area (Å²) >= 11 is 0. The Hall–Kier alpha value is -2.43. The molecule has 0 fully saturated rings. The molecule has 0 atom stereocenters. The molecule has 1 heterocycles. The van der Waals surface area contributed by atoms with E-state index in [0.717, 1.165) is 5.76 Å². The maximum Gasteiger partial charge on any atom is 0.253 e. The summed E-state index contributed by atoms with van der Waals surface area (Å²) in [4.78, 5) is 12.0. The fourth-order valence-electron chi connectivity index (χ4n) is 1.71. The molecule has 0 aliphatic heterocycles. The SMILES string of the molecule is COc1ccc(N)c(C(=O)NCCc2ccco2)c1. The third-order valence-corrected chi connectivity index (χ3v) is 2.74. The van der Waals surface area contributed by atoms with E-state index >= 15 is 0 Å². The molecule has 1 aromatic heterocycles. The predicted octanol–water partition coefficient (Wildman–Crippen LogP) is 1.84. The first kappa shape index (κ1) is 13.0. The van der Waals surface area contributed by atoms with Gasteiger partial charge in [0, 0.05) is 18.7 Å². The van der Waals surface area contributed by atoms with Crippen molar-refractivity contribution in [3.63, 3.8) is 0 Å². The van der Waals surface area contributed by atoms with Gasteiger partial charge in [0.15, 0.2) is 0 Å². The number of ether oxygens (including phenoxy) is 1. The minimum Gasteiger partial charge on any atom is -0.497 e. The number of nitrogen functional groups attached to an aromatic ring is 1. The van der Waals surface area contributed by atoms with Crippen molar-refractivity contribution in [2.45, 2.75) is 6.42 Å². The Balaban J connectivity index is 1.95. The molecular formula is C14H16N2O3. The average molecular weight is 260 g/mol. The van der Waals surface area contributed by atoms with E-state index < -0.39 is 0 Å². The number of furan rings is 1. The lowest BCUT2D eigenvalue weighted by atomic mass is 10.1. The molecule has 1 aromatic carbocycles. The van der Waals surface area contributed by atoms with Crippen molar-refractivity contribution in [1.82, 2.24) is 5.32 Å². The zero-order valence-electron chi connectivity index (χ0n) is 10.7. The molecule has 5 nitrogen and oxygen atoms in total. The van der Waals surface area contributed by atoms with Gasteiger partial charge in [0.2, 0.25) is 0 Å². The van der Waals surface area contributed by atoms with Crippen LogP contribution in [0.4, 0.5) is 5.69 Å². The Morgan fingerprint density at radius 3 is 2.95 bits per heavy atom. The Kier molecular flexibility index (Phi) is 4.07. The lowest BCUT2D eigenvalue weighted by molar-refractivity contribution is 0.0954. The average Bonchev–Trinajstić information content (AvgIpc) is 2.92. The number of carbonyl (C=O) groups excluding carboxylic acids is 1. The fraction of sp³-hybridized carbons (Fsp3) is 0.214. The Labute approximate surface area is 111 Å². The van der Waals surface area contributed by atoms with E-state index in [0.29, 0.717) is 30.0 Å². The highest BCUT2D eigenvalue weighted by atomic mass is 16.5. The highest BCUT2D eigenvalue weighted by molar-refractivity contribution is 5.99. The summed E-state index contributed by atoms with van der Waals surface area (Å²) in [5.74, 6) is 1.22. The lowest BCUT2D eigenvalue weighted by Gasteiger charge is -2.08. The van der Waals surface area contributed by atoms with Crippen LogP contribution < -0.4 is 15.8 Å². The molecule has 5 heteroatoms. The highest BCUT2D eigenvalue weighted by Crippen LogP contribution is 2.19. The number of rotatable bonds is 5. The molecule has 2 aromatic rings. The molecule has 0 unspecified atom stereocenters. The van der Waals surface area contributed by atoms with Crippen LogP contribution in [0.25, 0.3) is 0 Å². The van der Waals surface area contributed by atoms with Crippen LogP contribution in [0.5, 0.6) is 5.75 Å². The minimum atomic E-state index is -0.219. The third kappa shape index (κ3) is 3.28. The smallest absolute Gasteiger partial charge is 0.253 e. The van der Waals surface area contributed by atoms with E-state index in [-0.39, 0.29) is 5.91 Å². The summed E-state index contributed by atoms with van der Waals surface area (Å²) in [5.41, 5.74) is 6.62. The van der Waals surface area contributed by atoms with Gasteiger partial charge in [0.1, 0.15) is 11.5 Å². The van der Waals surface area contributed by atoms with Crippen molar-refractivity contribution in [2.75, 3.05) is 19.4 Å². The van der Waals surface area contributed by atoms with E-state index in [9.17, 15) is 4.79 Å². The van der Waals surface area contributed by atoms with Gasteiger partial charge in [-0.3, -0.25) is 4.79 Å². The molecule has 0 aliphatic rings. The number of nitrogens with one attached hydrogen (secondary N) is 1. The fourth-order valence-corrected chi connectivity index (χ4v) is 1.71. The first-order valence-electron chi connectivity index (χ1n) is 5.95. The summed E-state index contributed by atoms with van der Waals surface area (Å²) in [6, 6.07) is 8.68. The van der Waals surface area contributed by atoms with Gasteiger partial charge < -0.3 is 20.2 Å². The van der Waals surface area contributed by atoms with Crippen LogP contribution in [-0.4, -0.2) is 19.6 Å². The van der Waals surface area contributed by atoms with Gasteiger partial charge in [0.05, 0.1) is 18.9 Å². The molecule has 19 heavy (non-hydrogen) atoms. The monoisotopic (exact) mass is 260 g/mol. The van der Waals surface area contributed by atoms with E-state index in [1.165, 1.54) is 0 Å². The van der Waals surface area contributed by atoms with Gasteiger partial charge in [-0.25, -0.2) is 0 Å². The molecule has 0 bridgehead atoms. The molecule has 0 aliphatic carbocycles. The molecule has 3 N–H and O–H groups in total. The minimum absolute atomic E-state index is 0.219. The Morgan fingerprint density at radius 1 is 1.42 bits per heavy atom. The number of amides is 1. The second-order valence-corrected chi connectivity index (χ2v) is 4.04. The van der Waals surface area contributed by atoms with E-state index in [4.69, 9.17) is 14.9 Å². The van der Waals surface area contributed by atoms with Gasteiger partial charge in [-0.1, -0.05) is 0 Å². The van der Waals surface area contributed by atoms with Gasteiger partial charge in [0.25, 0.3) is 5.91 Å². The van der Waals surface area contributed by atoms with Crippen LogP contribution in [0.2, 0.25) is 0 Å². The molecule has 100 valence electrons. The van der Waals surface area contributed by atoms with Crippen molar-refractivity contribution >= 4 is 11.6 Å². The molecule has 2 rings (SSSR count). The highest BCUT2D eigenvalue weighted by Gasteiger charge is 2.10. The van der Waals surface area contributed by atoms with Gasteiger partial charge >= 0.3 is 0 Å².